The van der Waals surface area contributed by atoms with E-state index in [0.717, 1.165) is 85.3 Å². The third kappa shape index (κ3) is 6.22. The molecule has 2 saturated heterocycles. The van der Waals surface area contributed by atoms with Gasteiger partial charge in [0.15, 0.2) is 0 Å². The summed E-state index contributed by atoms with van der Waals surface area (Å²) in [5.41, 5.74) is 9.64. The highest BCUT2D eigenvalue weighted by molar-refractivity contribution is 6.05. The maximum absolute atomic E-state index is 13.2. The van der Waals surface area contributed by atoms with E-state index in [1.54, 1.807) is 0 Å². The van der Waals surface area contributed by atoms with Crippen molar-refractivity contribution in [3.05, 3.63) is 71.4 Å². The van der Waals surface area contributed by atoms with Gasteiger partial charge in [0.25, 0.3) is 0 Å². The summed E-state index contributed by atoms with van der Waals surface area (Å²) in [5.74, 6) is 3.47. The summed E-state index contributed by atoms with van der Waals surface area (Å²) in [6.07, 6.45) is 10.4. The Hall–Kier alpha value is -4.46. The molecule has 2 fully saturated rings. The second kappa shape index (κ2) is 13.8. The van der Waals surface area contributed by atoms with E-state index in [1.165, 1.54) is 33.2 Å². The fourth-order valence-electron chi connectivity index (χ4n) is 9.37. The SMILES string of the molecule is CC[C@H]1C[C@@H](c2ncc(-c3ccc(-c4ccc5c(ccc6[nH]c([C@@H]7CC[C@H](C)N7C(=O)CC(C)C)nc65)c4)c4c3CCC4)[nH]2)N(C(=O)CC(C)C)C1. The van der Waals surface area contributed by atoms with Gasteiger partial charge in [0.05, 0.1) is 35.0 Å². The van der Waals surface area contributed by atoms with E-state index in [2.05, 4.69) is 104 Å². The van der Waals surface area contributed by atoms with Crippen molar-refractivity contribution in [1.29, 1.82) is 0 Å². The van der Waals surface area contributed by atoms with Gasteiger partial charge in [-0.15, -0.1) is 0 Å². The van der Waals surface area contributed by atoms with Crippen molar-refractivity contribution in [2.45, 2.75) is 117 Å². The zero-order chi connectivity index (χ0) is 36.3. The molecule has 0 spiro atoms. The smallest absolute Gasteiger partial charge is 0.223 e. The van der Waals surface area contributed by atoms with Crippen LogP contribution in [0.25, 0.3) is 44.2 Å². The summed E-state index contributed by atoms with van der Waals surface area (Å²) in [4.78, 5) is 48.0. The number of aromatic nitrogens is 4. The van der Waals surface area contributed by atoms with Gasteiger partial charge < -0.3 is 19.8 Å². The summed E-state index contributed by atoms with van der Waals surface area (Å²) in [6.45, 7) is 13.7. The van der Waals surface area contributed by atoms with E-state index in [-0.39, 0.29) is 29.9 Å². The molecule has 0 bridgehead atoms. The molecular weight excluding hydrogens is 645 g/mol. The minimum Gasteiger partial charge on any atom is -0.340 e. The molecule has 2 aliphatic heterocycles. The van der Waals surface area contributed by atoms with Crippen LogP contribution >= 0.6 is 0 Å². The van der Waals surface area contributed by atoms with E-state index < -0.39 is 0 Å². The van der Waals surface area contributed by atoms with E-state index in [4.69, 9.17) is 9.97 Å². The van der Waals surface area contributed by atoms with Crippen LogP contribution in [0.2, 0.25) is 0 Å². The number of carbonyl (C=O) groups excluding carboxylic acids is 2. The first-order valence-corrected chi connectivity index (χ1v) is 19.8. The molecule has 2 N–H and O–H groups in total. The number of amides is 2. The Morgan fingerprint density at radius 1 is 0.865 bits per heavy atom. The number of hydrogen-bond donors (Lipinski definition) is 2. The number of nitrogens with one attached hydrogen (secondary N) is 2. The lowest BCUT2D eigenvalue weighted by molar-refractivity contribution is -0.135. The monoisotopic (exact) mass is 698 g/mol. The molecule has 1 aliphatic carbocycles. The molecule has 0 radical (unpaired) electrons. The van der Waals surface area contributed by atoms with Gasteiger partial charge >= 0.3 is 0 Å². The first-order chi connectivity index (χ1) is 25.1. The lowest BCUT2D eigenvalue weighted by atomic mass is 9.91. The summed E-state index contributed by atoms with van der Waals surface area (Å²) in [5, 5.41) is 2.30. The van der Waals surface area contributed by atoms with Crippen LogP contribution in [-0.4, -0.2) is 54.1 Å². The minimum atomic E-state index is -0.00671. The molecule has 4 atom stereocenters. The second-order valence-corrected chi connectivity index (χ2v) is 16.7. The number of carbonyl (C=O) groups is 2. The molecule has 3 aromatic carbocycles. The molecule has 4 heterocycles. The fourth-order valence-corrected chi connectivity index (χ4v) is 9.37. The lowest BCUT2D eigenvalue weighted by Crippen LogP contribution is -2.36. The Balaban J connectivity index is 1.08. The lowest BCUT2D eigenvalue weighted by Gasteiger charge is -2.28. The third-order valence-electron chi connectivity index (χ3n) is 12.0. The van der Waals surface area contributed by atoms with Crippen molar-refractivity contribution in [2.24, 2.45) is 17.8 Å². The first-order valence-electron chi connectivity index (χ1n) is 19.8. The molecule has 5 aromatic rings. The highest BCUT2D eigenvalue weighted by atomic mass is 16.2. The first kappa shape index (κ1) is 34.6. The Kier molecular flexibility index (Phi) is 9.21. The Labute approximate surface area is 307 Å². The van der Waals surface area contributed by atoms with Crippen LogP contribution in [0, 0.1) is 17.8 Å². The quantitative estimate of drug-likeness (QED) is 0.160. The topological polar surface area (TPSA) is 98.0 Å². The van der Waals surface area contributed by atoms with E-state index in [0.29, 0.717) is 30.6 Å². The second-order valence-electron chi connectivity index (χ2n) is 16.7. The number of aromatic amines is 2. The van der Waals surface area contributed by atoms with Gasteiger partial charge in [0.2, 0.25) is 11.8 Å². The van der Waals surface area contributed by atoms with Crippen LogP contribution < -0.4 is 0 Å². The van der Waals surface area contributed by atoms with Crippen molar-refractivity contribution >= 4 is 33.6 Å². The molecule has 2 aromatic heterocycles. The molecule has 0 saturated carbocycles. The molecular formula is C44H54N6O2. The molecule has 8 nitrogen and oxygen atoms in total. The standard InChI is InChI=1S/C44H54N6O2/c1-7-28-21-39(49(24-28)40(51)19-25(2)3)43-45-23-37(47-43)35-16-15-31(33-9-8-10-34(33)35)29-12-14-32-30(22-29)13-17-36-42(32)48-44(46-36)38-18-11-27(6)50(38)41(52)20-26(4)5/h12-17,22-23,25-28,38-39H,7-11,18-21,24H2,1-6H3,(H,45,47)(H,46,48)/t27-,28-,38-,39-/m0/s1. The number of nitrogens with zero attached hydrogens (tertiary/aromatic N) is 4. The average Bonchev–Trinajstić information content (AvgIpc) is 3.95. The number of likely N-dealkylation sites (tertiary alicyclic amines) is 2. The number of benzene rings is 3. The van der Waals surface area contributed by atoms with Crippen LogP contribution in [0.15, 0.2) is 48.7 Å². The van der Waals surface area contributed by atoms with Crippen LogP contribution in [0.1, 0.15) is 121 Å². The van der Waals surface area contributed by atoms with Crippen LogP contribution in [0.5, 0.6) is 0 Å². The van der Waals surface area contributed by atoms with Gasteiger partial charge in [0, 0.05) is 36.4 Å². The predicted molar refractivity (Wildman–Crippen MR) is 209 cm³/mol. The van der Waals surface area contributed by atoms with Gasteiger partial charge in [-0.1, -0.05) is 71.4 Å². The highest BCUT2D eigenvalue weighted by Gasteiger charge is 2.38. The van der Waals surface area contributed by atoms with Crippen LogP contribution in [-0.2, 0) is 22.4 Å². The number of rotatable bonds is 9. The van der Waals surface area contributed by atoms with Crippen LogP contribution in [0.3, 0.4) is 0 Å². The van der Waals surface area contributed by atoms with Gasteiger partial charge in [-0.05, 0) is 103 Å². The summed E-state index contributed by atoms with van der Waals surface area (Å²) in [6, 6.07) is 15.9. The van der Waals surface area contributed by atoms with Crippen molar-refractivity contribution in [3.63, 3.8) is 0 Å². The Morgan fingerprint density at radius 3 is 2.38 bits per heavy atom. The third-order valence-corrected chi connectivity index (χ3v) is 12.0. The van der Waals surface area contributed by atoms with Gasteiger partial charge in [0.1, 0.15) is 11.6 Å². The maximum Gasteiger partial charge on any atom is 0.223 e. The van der Waals surface area contributed by atoms with Gasteiger partial charge in [-0.2, -0.15) is 0 Å². The predicted octanol–water partition coefficient (Wildman–Crippen LogP) is 9.71. The van der Waals surface area contributed by atoms with Crippen molar-refractivity contribution in [1.82, 2.24) is 29.7 Å². The Bertz CT molecular complexity index is 2140. The molecule has 8 heteroatoms. The van der Waals surface area contributed by atoms with Crippen LogP contribution in [0.4, 0.5) is 0 Å². The molecule has 3 aliphatic rings. The maximum atomic E-state index is 13.2. The van der Waals surface area contributed by atoms with Gasteiger partial charge in [-0.25, -0.2) is 9.97 Å². The Morgan fingerprint density at radius 2 is 1.62 bits per heavy atom. The van der Waals surface area contributed by atoms with Crippen molar-refractivity contribution in [3.8, 4) is 22.4 Å². The molecule has 8 rings (SSSR count). The highest BCUT2D eigenvalue weighted by Crippen LogP contribution is 2.42. The fraction of sp³-hybridized carbons (Fsp3) is 0.500. The van der Waals surface area contributed by atoms with Crippen molar-refractivity contribution < 1.29 is 9.59 Å². The minimum absolute atomic E-state index is 0.00671. The summed E-state index contributed by atoms with van der Waals surface area (Å²) < 4.78 is 0. The zero-order valence-electron chi connectivity index (χ0n) is 31.8. The summed E-state index contributed by atoms with van der Waals surface area (Å²) in [7, 11) is 0. The molecule has 0 unspecified atom stereocenters. The number of H-pyrrole nitrogens is 2. The average molecular weight is 699 g/mol. The van der Waals surface area contributed by atoms with E-state index in [1.807, 2.05) is 6.20 Å². The number of imidazole rings is 2. The van der Waals surface area contributed by atoms with Gasteiger partial charge in [-0.3, -0.25) is 9.59 Å². The normalized spacial score (nSPS) is 21.8. The summed E-state index contributed by atoms with van der Waals surface area (Å²) >= 11 is 0. The molecule has 52 heavy (non-hydrogen) atoms. The zero-order valence-corrected chi connectivity index (χ0v) is 31.8. The number of hydrogen-bond acceptors (Lipinski definition) is 4. The molecule has 2 amide bonds. The largest absolute Gasteiger partial charge is 0.340 e. The number of fused-ring (bicyclic) bond motifs is 4. The van der Waals surface area contributed by atoms with E-state index in [9.17, 15) is 9.59 Å². The van der Waals surface area contributed by atoms with E-state index >= 15 is 0 Å². The van der Waals surface area contributed by atoms with Crippen molar-refractivity contribution in [2.75, 3.05) is 6.54 Å². The molecule has 272 valence electrons.